The van der Waals surface area contributed by atoms with Crippen molar-refractivity contribution in [3.05, 3.63) is 64.2 Å². The lowest BCUT2D eigenvalue weighted by molar-refractivity contribution is -0.384. The van der Waals surface area contributed by atoms with E-state index < -0.39 is 20.8 Å². The van der Waals surface area contributed by atoms with Gasteiger partial charge in [0, 0.05) is 17.7 Å². The molecule has 0 radical (unpaired) electrons. The highest BCUT2D eigenvalue weighted by Crippen LogP contribution is 2.31. The number of methoxy groups -OCH3 is 1. The monoisotopic (exact) mass is 476 g/mol. The normalized spacial score (nSPS) is 11.9. The predicted octanol–water partition coefficient (Wildman–Crippen LogP) is 4.02. The van der Waals surface area contributed by atoms with Crippen LogP contribution < -0.4 is 20.7 Å². The molecular formula is C17H15Cl3N4O4S. The van der Waals surface area contributed by atoms with Crippen LogP contribution in [-0.2, 0) is 0 Å². The number of ether oxygens (including phenoxy) is 1. The quantitative estimate of drug-likeness (QED) is 0.190. The Morgan fingerprint density at radius 1 is 1.17 bits per heavy atom. The molecular weight excluding hydrogens is 463 g/mol. The van der Waals surface area contributed by atoms with Crippen molar-refractivity contribution in [2.45, 2.75) is 9.96 Å². The van der Waals surface area contributed by atoms with E-state index in [0.717, 1.165) is 0 Å². The van der Waals surface area contributed by atoms with Crippen molar-refractivity contribution >= 4 is 69.4 Å². The van der Waals surface area contributed by atoms with Crippen LogP contribution >= 0.6 is 47.0 Å². The molecule has 0 saturated heterocycles. The zero-order valence-electron chi connectivity index (χ0n) is 14.8. The van der Waals surface area contributed by atoms with Crippen LogP contribution in [0, 0.1) is 10.1 Å². The van der Waals surface area contributed by atoms with E-state index in [-0.39, 0.29) is 16.5 Å². The highest BCUT2D eigenvalue weighted by Gasteiger charge is 2.35. The Kier molecular flexibility index (Phi) is 7.86. The van der Waals surface area contributed by atoms with Gasteiger partial charge in [-0.1, -0.05) is 53.0 Å². The molecule has 8 nitrogen and oxygen atoms in total. The summed E-state index contributed by atoms with van der Waals surface area (Å²) in [6.07, 6.45) is -1.20. The zero-order valence-corrected chi connectivity index (χ0v) is 17.9. The Bertz CT molecular complexity index is 909. The van der Waals surface area contributed by atoms with Gasteiger partial charge < -0.3 is 20.7 Å². The van der Waals surface area contributed by atoms with Gasteiger partial charge in [0.1, 0.15) is 11.9 Å². The Balaban J connectivity index is 2.16. The van der Waals surface area contributed by atoms with Crippen LogP contribution in [0.4, 0.5) is 11.4 Å². The Morgan fingerprint density at radius 2 is 1.83 bits per heavy atom. The molecule has 0 spiro atoms. The van der Waals surface area contributed by atoms with Crippen molar-refractivity contribution in [3.8, 4) is 5.75 Å². The van der Waals surface area contributed by atoms with Gasteiger partial charge in [-0.25, -0.2) is 0 Å². The molecule has 0 saturated carbocycles. The first-order valence-corrected chi connectivity index (χ1v) is 9.48. The van der Waals surface area contributed by atoms with Gasteiger partial charge in [-0.05, 0) is 30.4 Å². The highest BCUT2D eigenvalue weighted by atomic mass is 35.6. The van der Waals surface area contributed by atoms with E-state index in [1.807, 2.05) is 0 Å². The van der Waals surface area contributed by atoms with Crippen LogP contribution in [0.2, 0.25) is 0 Å². The number of benzene rings is 2. The smallest absolute Gasteiger partial charge is 0.271 e. The summed E-state index contributed by atoms with van der Waals surface area (Å²) in [5, 5.41) is 18.9. The SMILES string of the molecule is COc1ccc([N+](=O)[O-])cc1NC(=S)NC(NC(=O)c1ccccc1)C(Cl)(Cl)Cl. The predicted molar refractivity (Wildman–Crippen MR) is 117 cm³/mol. The van der Waals surface area contributed by atoms with Crippen molar-refractivity contribution < 1.29 is 14.5 Å². The molecule has 0 fully saturated rings. The number of nitrogens with one attached hydrogen (secondary N) is 3. The van der Waals surface area contributed by atoms with Crippen LogP contribution in [-0.4, -0.2) is 33.0 Å². The maximum atomic E-state index is 12.4. The third-order valence-electron chi connectivity index (χ3n) is 3.56. The van der Waals surface area contributed by atoms with Crippen LogP contribution in [0.1, 0.15) is 10.4 Å². The minimum absolute atomic E-state index is 0.0616. The molecule has 0 bridgehead atoms. The van der Waals surface area contributed by atoms with Crippen molar-refractivity contribution in [2.75, 3.05) is 12.4 Å². The number of nitro benzene ring substituents is 1. The number of hydrogen-bond acceptors (Lipinski definition) is 5. The Labute approximate surface area is 186 Å². The largest absolute Gasteiger partial charge is 0.495 e. The molecule has 1 unspecified atom stereocenters. The number of anilines is 1. The number of carbonyl (C=O) groups excluding carboxylic acids is 1. The topological polar surface area (TPSA) is 106 Å². The Hall–Kier alpha value is -2.33. The van der Waals surface area contributed by atoms with E-state index in [2.05, 4.69) is 16.0 Å². The van der Waals surface area contributed by atoms with Crippen molar-refractivity contribution in [3.63, 3.8) is 0 Å². The second-order valence-electron chi connectivity index (χ2n) is 5.55. The van der Waals surface area contributed by atoms with Gasteiger partial charge in [0.15, 0.2) is 5.11 Å². The van der Waals surface area contributed by atoms with Gasteiger partial charge in [-0.15, -0.1) is 0 Å². The molecule has 2 aromatic carbocycles. The number of halogens is 3. The zero-order chi connectivity index (χ0) is 21.6. The first-order valence-electron chi connectivity index (χ1n) is 7.94. The Morgan fingerprint density at radius 3 is 2.38 bits per heavy atom. The second kappa shape index (κ2) is 9.93. The number of amides is 1. The number of rotatable bonds is 6. The molecule has 2 aromatic rings. The van der Waals surface area contributed by atoms with Gasteiger partial charge in [0.25, 0.3) is 11.6 Å². The van der Waals surface area contributed by atoms with Gasteiger partial charge in [0.05, 0.1) is 17.7 Å². The molecule has 0 aliphatic heterocycles. The third kappa shape index (κ3) is 6.60. The lowest BCUT2D eigenvalue weighted by atomic mass is 10.2. The molecule has 154 valence electrons. The van der Waals surface area contributed by atoms with Crippen molar-refractivity contribution in [1.82, 2.24) is 10.6 Å². The summed E-state index contributed by atoms with van der Waals surface area (Å²) < 4.78 is 3.20. The highest BCUT2D eigenvalue weighted by molar-refractivity contribution is 7.80. The fourth-order valence-electron chi connectivity index (χ4n) is 2.20. The number of non-ortho nitro benzene ring substituents is 1. The van der Waals surface area contributed by atoms with Crippen molar-refractivity contribution in [1.29, 1.82) is 0 Å². The van der Waals surface area contributed by atoms with Gasteiger partial charge in [0.2, 0.25) is 3.79 Å². The van der Waals surface area contributed by atoms with Gasteiger partial charge >= 0.3 is 0 Å². The van der Waals surface area contributed by atoms with Gasteiger partial charge in [-0.2, -0.15) is 0 Å². The van der Waals surface area contributed by atoms with E-state index in [9.17, 15) is 14.9 Å². The number of thiocarbonyl (C=S) groups is 1. The van der Waals surface area contributed by atoms with Crippen molar-refractivity contribution in [2.24, 2.45) is 0 Å². The summed E-state index contributed by atoms with van der Waals surface area (Å²) >= 11 is 23.1. The average molecular weight is 478 g/mol. The summed E-state index contributed by atoms with van der Waals surface area (Å²) in [6.45, 7) is 0. The number of alkyl halides is 3. The standard InChI is InChI=1S/C17H15Cl3N4O4S/c1-28-13-8-7-11(24(26)27)9-12(13)21-16(29)23-15(17(18,19)20)22-14(25)10-5-3-2-4-6-10/h2-9,15H,1H3,(H,22,25)(H2,21,23,29). The lowest BCUT2D eigenvalue weighted by Gasteiger charge is -2.28. The minimum atomic E-state index is -1.96. The maximum absolute atomic E-state index is 12.4. The molecule has 0 aliphatic rings. The van der Waals surface area contributed by atoms with E-state index in [1.165, 1.54) is 25.3 Å². The molecule has 1 amide bonds. The average Bonchev–Trinajstić information content (AvgIpc) is 2.67. The molecule has 0 aliphatic carbocycles. The molecule has 1 atom stereocenters. The number of nitro groups is 1. The molecule has 29 heavy (non-hydrogen) atoms. The first kappa shape index (κ1) is 23.0. The molecule has 3 N–H and O–H groups in total. The summed E-state index contributed by atoms with van der Waals surface area (Å²) in [5.41, 5.74) is 0.399. The number of nitrogens with zero attached hydrogens (tertiary/aromatic N) is 1. The van der Waals surface area contributed by atoms with Crippen LogP contribution in [0.15, 0.2) is 48.5 Å². The lowest BCUT2D eigenvalue weighted by Crippen LogP contribution is -2.56. The fourth-order valence-corrected chi connectivity index (χ4v) is 2.76. The molecule has 0 aromatic heterocycles. The van der Waals surface area contributed by atoms with Gasteiger partial charge in [-0.3, -0.25) is 14.9 Å². The summed E-state index contributed by atoms with van der Waals surface area (Å²) in [5.74, 6) is -0.191. The minimum Gasteiger partial charge on any atom is -0.495 e. The molecule has 0 heterocycles. The summed E-state index contributed by atoms with van der Waals surface area (Å²) in [6, 6.07) is 12.2. The number of hydrogen-bond donors (Lipinski definition) is 3. The first-order chi connectivity index (χ1) is 13.6. The van der Waals surface area contributed by atoms with E-state index in [4.69, 9.17) is 51.8 Å². The van der Waals surface area contributed by atoms with E-state index in [0.29, 0.717) is 11.3 Å². The van der Waals surface area contributed by atoms with Crippen LogP contribution in [0.5, 0.6) is 5.75 Å². The summed E-state index contributed by atoms with van der Waals surface area (Å²) in [4.78, 5) is 22.8. The summed E-state index contributed by atoms with van der Waals surface area (Å²) in [7, 11) is 1.40. The second-order valence-corrected chi connectivity index (χ2v) is 8.33. The van der Waals surface area contributed by atoms with Crippen LogP contribution in [0.3, 0.4) is 0 Å². The molecule has 2 rings (SSSR count). The third-order valence-corrected chi connectivity index (χ3v) is 4.43. The van der Waals surface area contributed by atoms with Crippen LogP contribution in [0.25, 0.3) is 0 Å². The maximum Gasteiger partial charge on any atom is 0.271 e. The number of carbonyl (C=O) groups is 1. The van der Waals surface area contributed by atoms with E-state index in [1.54, 1.807) is 30.3 Å². The molecule has 12 heteroatoms. The van der Waals surface area contributed by atoms with E-state index >= 15 is 0 Å². The fraction of sp³-hybridized carbons (Fsp3) is 0.176.